The molecule has 1 aromatic rings. The zero-order chi connectivity index (χ0) is 15.4. The molecule has 118 valence electrons. The average molecular weight is 292 g/mol. The Morgan fingerprint density at radius 1 is 1.48 bits per heavy atom. The maximum Gasteiger partial charge on any atom is 0.131 e. The molecule has 0 bridgehead atoms. The summed E-state index contributed by atoms with van der Waals surface area (Å²) < 4.78 is 5.80. The molecule has 0 radical (unpaired) electrons. The van der Waals surface area contributed by atoms with Crippen molar-refractivity contribution in [3.63, 3.8) is 0 Å². The van der Waals surface area contributed by atoms with Gasteiger partial charge in [0.15, 0.2) is 0 Å². The molecule has 1 saturated heterocycles. The van der Waals surface area contributed by atoms with Gasteiger partial charge in [-0.3, -0.25) is 0 Å². The van der Waals surface area contributed by atoms with Crippen molar-refractivity contribution in [2.45, 2.75) is 58.7 Å². The van der Waals surface area contributed by atoms with Gasteiger partial charge in [0.1, 0.15) is 5.82 Å². The molecule has 1 aliphatic rings. The highest BCUT2D eigenvalue weighted by Gasteiger charge is 2.28. The molecule has 2 heterocycles. The molecule has 1 aliphatic heterocycles. The summed E-state index contributed by atoms with van der Waals surface area (Å²) in [7, 11) is 1.96. The largest absolute Gasteiger partial charge is 0.375 e. The Labute approximate surface area is 128 Å². The Morgan fingerprint density at radius 3 is 2.86 bits per heavy atom. The molecule has 0 aliphatic carbocycles. The molecule has 0 aromatic carbocycles. The maximum absolute atomic E-state index is 5.80. The van der Waals surface area contributed by atoms with Gasteiger partial charge >= 0.3 is 0 Å². The summed E-state index contributed by atoms with van der Waals surface area (Å²) in [4.78, 5) is 11.8. The lowest BCUT2D eigenvalue weighted by Gasteiger charge is -2.40. The van der Waals surface area contributed by atoms with E-state index in [1.165, 1.54) is 0 Å². The van der Waals surface area contributed by atoms with E-state index in [1.807, 2.05) is 13.2 Å². The van der Waals surface area contributed by atoms with Gasteiger partial charge in [-0.2, -0.15) is 0 Å². The second kappa shape index (κ2) is 7.18. The van der Waals surface area contributed by atoms with Crippen LogP contribution in [0.4, 0.5) is 5.69 Å². The minimum Gasteiger partial charge on any atom is -0.375 e. The summed E-state index contributed by atoms with van der Waals surface area (Å²) in [6.07, 6.45) is 3.31. The lowest BCUT2D eigenvalue weighted by atomic mass is 10.1. The van der Waals surface area contributed by atoms with Gasteiger partial charge in [0.05, 0.1) is 36.3 Å². The van der Waals surface area contributed by atoms with Crippen LogP contribution in [0.2, 0.25) is 0 Å². The standard InChI is InChI=1S/C16H28N4O/c1-6-13-10-21-12(4)9-20(13)15-8-18-16(11(2)3)19-14(15)7-17-5/h8,11-13,17H,6-7,9-10H2,1-5H3. The van der Waals surface area contributed by atoms with Crippen LogP contribution in [0.15, 0.2) is 6.20 Å². The lowest BCUT2D eigenvalue weighted by Crippen LogP contribution is -2.49. The number of anilines is 1. The molecule has 2 unspecified atom stereocenters. The molecule has 1 aromatic heterocycles. The predicted molar refractivity (Wildman–Crippen MR) is 85.7 cm³/mol. The highest BCUT2D eigenvalue weighted by molar-refractivity contribution is 5.51. The lowest BCUT2D eigenvalue weighted by molar-refractivity contribution is 0.0298. The first-order valence-corrected chi connectivity index (χ1v) is 7.95. The van der Waals surface area contributed by atoms with E-state index in [1.54, 1.807) is 0 Å². The normalized spacial score (nSPS) is 22.9. The van der Waals surface area contributed by atoms with E-state index in [0.29, 0.717) is 12.0 Å². The van der Waals surface area contributed by atoms with E-state index in [9.17, 15) is 0 Å². The van der Waals surface area contributed by atoms with Gasteiger partial charge in [-0.1, -0.05) is 20.8 Å². The molecule has 0 saturated carbocycles. The maximum atomic E-state index is 5.80. The van der Waals surface area contributed by atoms with Crippen LogP contribution in [0.1, 0.15) is 51.6 Å². The summed E-state index contributed by atoms with van der Waals surface area (Å²) in [5.41, 5.74) is 2.24. The summed E-state index contributed by atoms with van der Waals surface area (Å²) in [5, 5.41) is 3.23. The van der Waals surface area contributed by atoms with E-state index >= 15 is 0 Å². The van der Waals surface area contributed by atoms with Crippen molar-refractivity contribution in [1.82, 2.24) is 15.3 Å². The van der Waals surface area contributed by atoms with Crippen molar-refractivity contribution in [3.8, 4) is 0 Å². The van der Waals surface area contributed by atoms with E-state index in [2.05, 4.69) is 42.9 Å². The minimum atomic E-state index is 0.250. The summed E-state index contributed by atoms with van der Waals surface area (Å²) in [6, 6.07) is 0.408. The fourth-order valence-corrected chi connectivity index (χ4v) is 2.72. The second-order valence-electron chi connectivity index (χ2n) is 6.10. The first kappa shape index (κ1) is 16.2. The van der Waals surface area contributed by atoms with Gasteiger partial charge in [0.2, 0.25) is 0 Å². The van der Waals surface area contributed by atoms with Gasteiger partial charge in [-0.05, 0) is 20.4 Å². The van der Waals surface area contributed by atoms with Crippen molar-refractivity contribution in [1.29, 1.82) is 0 Å². The number of nitrogens with one attached hydrogen (secondary N) is 1. The van der Waals surface area contributed by atoms with Crippen LogP contribution in [-0.2, 0) is 11.3 Å². The van der Waals surface area contributed by atoms with E-state index in [-0.39, 0.29) is 6.10 Å². The van der Waals surface area contributed by atoms with Gasteiger partial charge in [0, 0.05) is 19.0 Å². The first-order valence-electron chi connectivity index (χ1n) is 7.95. The third-order valence-corrected chi connectivity index (χ3v) is 3.97. The third-order valence-electron chi connectivity index (χ3n) is 3.97. The highest BCUT2D eigenvalue weighted by atomic mass is 16.5. The van der Waals surface area contributed by atoms with Crippen LogP contribution >= 0.6 is 0 Å². The van der Waals surface area contributed by atoms with Gasteiger partial charge in [-0.15, -0.1) is 0 Å². The molecular formula is C16H28N4O. The summed E-state index contributed by atoms with van der Waals surface area (Å²) in [6.45, 7) is 11.0. The van der Waals surface area contributed by atoms with Crippen molar-refractivity contribution in [2.75, 3.05) is 25.1 Å². The van der Waals surface area contributed by atoms with Crippen LogP contribution in [0.5, 0.6) is 0 Å². The first-order chi connectivity index (χ1) is 10.1. The Morgan fingerprint density at radius 2 is 2.24 bits per heavy atom. The number of morpholine rings is 1. The predicted octanol–water partition coefficient (Wildman–Crippen LogP) is 2.32. The zero-order valence-corrected chi connectivity index (χ0v) is 13.9. The van der Waals surface area contributed by atoms with Crippen molar-refractivity contribution in [2.24, 2.45) is 0 Å². The van der Waals surface area contributed by atoms with Crippen LogP contribution in [0.3, 0.4) is 0 Å². The number of hydrogen-bond acceptors (Lipinski definition) is 5. The van der Waals surface area contributed by atoms with Crippen molar-refractivity contribution >= 4 is 5.69 Å². The number of hydrogen-bond donors (Lipinski definition) is 1. The minimum absolute atomic E-state index is 0.250. The number of nitrogens with zero attached hydrogens (tertiary/aromatic N) is 3. The van der Waals surface area contributed by atoms with Gasteiger partial charge in [-0.25, -0.2) is 9.97 Å². The molecule has 1 fully saturated rings. The van der Waals surface area contributed by atoms with E-state index in [4.69, 9.17) is 9.72 Å². The molecule has 1 N–H and O–H groups in total. The quantitative estimate of drug-likeness (QED) is 0.902. The van der Waals surface area contributed by atoms with Gasteiger partial charge in [0.25, 0.3) is 0 Å². The topological polar surface area (TPSA) is 50.3 Å². The van der Waals surface area contributed by atoms with E-state index in [0.717, 1.165) is 43.3 Å². The molecule has 2 atom stereocenters. The summed E-state index contributed by atoms with van der Waals surface area (Å²) >= 11 is 0. The molecule has 0 spiro atoms. The number of aromatic nitrogens is 2. The van der Waals surface area contributed by atoms with Crippen LogP contribution in [-0.4, -0.2) is 42.3 Å². The molecular weight excluding hydrogens is 264 g/mol. The molecule has 21 heavy (non-hydrogen) atoms. The van der Waals surface area contributed by atoms with Crippen molar-refractivity contribution in [3.05, 3.63) is 17.7 Å². The fourth-order valence-electron chi connectivity index (χ4n) is 2.72. The van der Waals surface area contributed by atoms with E-state index < -0.39 is 0 Å². The van der Waals surface area contributed by atoms with Crippen LogP contribution in [0, 0.1) is 0 Å². The Kier molecular flexibility index (Phi) is 5.53. The Hall–Kier alpha value is -1.20. The third kappa shape index (κ3) is 3.71. The second-order valence-corrected chi connectivity index (χ2v) is 6.10. The molecule has 2 rings (SSSR count). The van der Waals surface area contributed by atoms with Crippen LogP contribution < -0.4 is 10.2 Å². The smallest absolute Gasteiger partial charge is 0.131 e. The Bertz CT molecular complexity index is 464. The van der Waals surface area contributed by atoms with Crippen molar-refractivity contribution < 1.29 is 4.74 Å². The SMILES string of the molecule is CCC1COC(C)CN1c1cnc(C(C)C)nc1CNC. The molecule has 5 heteroatoms. The molecule has 0 amide bonds. The van der Waals surface area contributed by atoms with Gasteiger partial charge < -0.3 is 15.0 Å². The van der Waals surface area contributed by atoms with Crippen LogP contribution in [0.25, 0.3) is 0 Å². The Balaban J connectivity index is 2.35. The monoisotopic (exact) mass is 292 g/mol. The number of ether oxygens (including phenoxy) is 1. The molecule has 5 nitrogen and oxygen atoms in total. The highest BCUT2D eigenvalue weighted by Crippen LogP contribution is 2.26. The zero-order valence-electron chi connectivity index (χ0n) is 13.9. The number of rotatable bonds is 5. The summed E-state index contributed by atoms with van der Waals surface area (Å²) in [5.74, 6) is 1.26. The average Bonchev–Trinajstić information content (AvgIpc) is 2.47. The fraction of sp³-hybridized carbons (Fsp3) is 0.750.